The summed E-state index contributed by atoms with van der Waals surface area (Å²) in [5, 5.41) is 9.85. The number of aromatic nitrogens is 2. The van der Waals surface area contributed by atoms with Crippen LogP contribution < -0.4 is 15.8 Å². The smallest absolute Gasteiger partial charge is 0.316 e. The topological polar surface area (TPSA) is 120 Å². The Balaban J connectivity index is 1.57. The van der Waals surface area contributed by atoms with Crippen molar-refractivity contribution in [3.05, 3.63) is 60.5 Å². The highest BCUT2D eigenvalue weighted by atomic mass is 16.5. The molecule has 8 nitrogen and oxygen atoms in total. The van der Waals surface area contributed by atoms with Gasteiger partial charge in [-0.3, -0.25) is 4.79 Å². The SMILES string of the molecule is NC(=O)Nc1ccc(C(=O)COc2ccc(-c3nnco3)cc2)cc1. The minimum absolute atomic E-state index is 0.109. The van der Waals surface area contributed by atoms with Crippen LogP contribution in [0.1, 0.15) is 10.4 Å². The van der Waals surface area contributed by atoms with Crippen LogP contribution in [0.3, 0.4) is 0 Å². The van der Waals surface area contributed by atoms with Crippen LogP contribution in [0.5, 0.6) is 5.75 Å². The molecular formula is C17H14N4O4. The molecule has 25 heavy (non-hydrogen) atoms. The zero-order chi connectivity index (χ0) is 17.6. The van der Waals surface area contributed by atoms with E-state index in [4.69, 9.17) is 14.9 Å². The largest absolute Gasteiger partial charge is 0.485 e. The third-order valence-corrected chi connectivity index (χ3v) is 3.31. The van der Waals surface area contributed by atoms with E-state index in [0.717, 1.165) is 5.56 Å². The number of carbonyl (C=O) groups is 2. The molecule has 1 heterocycles. The molecule has 3 aromatic rings. The lowest BCUT2D eigenvalue weighted by Crippen LogP contribution is -2.19. The fourth-order valence-electron chi connectivity index (χ4n) is 2.11. The number of nitrogens with zero attached hydrogens (tertiary/aromatic N) is 2. The second-order valence-corrected chi connectivity index (χ2v) is 5.05. The van der Waals surface area contributed by atoms with Crippen molar-refractivity contribution in [2.45, 2.75) is 0 Å². The van der Waals surface area contributed by atoms with Crippen molar-refractivity contribution in [2.24, 2.45) is 5.73 Å². The van der Waals surface area contributed by atoms with Crippen molar-refractivity contribution in [1.29, 1.82) is 0 Å². The number of anilines is 1. The van der Waals surface area contributed by atoms with E-state index >= 15 is 0 Å². The van der Waals surface area contributed by atoms with Gasteiger partial charge in [-0.05, 0) is 48.5 Å². The molecule has 8 heteroatoms. The summed E-state index contributed by atoms with van der Waals surface area (Å²) in [6.45, 7) is -0.109. The third kappa shape index (κ3) is 4.20. The van der Waals surface area contributed by atoms with Gasteiger partial charge in [-0.15, -0.1) is 10.2 Å². The molecule has 0 saturated heterocycles. The molecule has 2 amide bonds. The molecule has 0 saturated carbocycles. The minimum Gasteiger partial charge on any atom is -0.485 e. The van der Waals surface area contributed by atoms with Gasteiger partial charge in [-0.1, -0.05) is 0 Å². The number of urea groups is 1. The van der Waals surface area contributed by atoms with E-state index in [1.54, 1.807) is 48.5 Å². The van der Waals surface area contributed by atoms with Gasteiger partial charge in [0.05, 0.1) is 0 Å². The zero-order valence-corrected chi connectivity index (χ0v) is 13.0. The number of nitrogens with one attached hydrogen (secondary N) is 1. The lowest BCUT2D eigenvalue weighted by Gasteiger charge is -2.07. The third-order valence-electron chi connectivity index (χ3n) is 3.31. The van der Waals surface area contributed by atoms with Crippen molar-refractivity contribution in [3.8, 4) is 17.2 Å². The number of primary amides is 1. The lowest BCUT2D eigenvalue weighted by atomic mass is 10.1. The lowest BCUT2D eigenvalue weighted by molar-refractivity contribution is 0.0921. The maximum Gasteiger partial charge on any atom is 0.316 e. The van der Waals surface area contributed by atoms with Gasteiger partial charge in [-0.25, -0.2) is 4.79 Å². The monoisotopic (exact) mass is 338 g/mol. The summed E-state index contributed by atoms with van der Waals surface area (Å²) in [7, 11) is 0. The van der Waals surface area contributed by atoms with E-state index < -0.39 is 6.03 Å². The molecule has 3 N–H and O–H groups in total. The molecule has 0 atom stereocenters. The van der Waals surface area contributed by atoms with Gasteiger partial charge in [0, 0.05) is 16.8 Å². The van der Waals surface area contributed by atoms with E-state index in [0.29, 0.717) is 22.9 Å². The van der Waals surface area contributed by atoms with E-state index in [2.05, 4.69) is 15.5 Å². The number of Topliss-reactive ketones (excluding diaryl/α,β-unsaturated/α-hetero) is 1. The maximum absolute atomic E-state index is 12.1. The summed E-state index contributed by atoms with van der Waals surface area (Å²) in [5.41, 5.74) is 6.77. The van der Waals surface area contributed by atoms with Crippen LogP contribution in [0, 0.1) is 0 Å². The van der Waals surface area contributed by atoms with Crippen molar-refractivity contribution in [2.75, 3.05) is 11.9 Å². The Hall–Kier alpha value is -3.68. The number of ketones is 1. The fourth-order valence-corrected chi connectivity index (χ4v) is 2.11. The number of nitrogens with two attached hydrogens (primary N) is 1. The van der Waals surface area contributed by atoms with Crippen LogP contribution in [-0.2, 0) is 0 Å². The first-order valence-corrected chi connectivity index (χ1v) is 7.31. The van der Waals surface area contributed by atoms with Gasteiger partial charge in [0.15, 0.2) is 12.4 Å². The molecule has 0 unspecified atom stereocenters. The minimum atomic E-state index is -0.661. The molecule has 1 aromatic heterocycles. The van der Waals surface area contributed by atoms with Crippen LogP contribution in [0.2, 0.25) is 0 Å². The number of ether oxygens (including phenoxy) is 1. The Bertz CT molecular complexity index is 859. The summed E-state index contributed by atoms with van der Waals surface area (Å²) in [5.74, 6) is 0.766. The van der Waals surface area contributed by atoms with Crippen LogP contribution >= 0.6 is 0 Å². The highest BCUT2D eigenvalue weighted by Crippen LogP contribution is 2.20. The molecule has 0 aliphatic carbocycles. The Labute approximate surface area is 142 Å². The molecule has 0 spiro atoms. The average Bonchev–Trinajstić information content (AvgIpc) is 3.15. The summed E-state index contributed by atoms with van der Waals surface area (Å²) < 4.78 is 10.6. The maximum atomic E-state index is 12.1. The van der Waals surface area contributed by atoms with Gasteiger partial charge >= 0.3 is 6.03 Å². The predicted molar refractivity (Wildman–Crippen MR) is 89.2 cm³/mol. The molecule has 2 aromatic carbocycles. The van der Waals surface area contributed by atoms with Crippen molar-refractivity contribution >= 4 is 17.5 Å². The Morgan fingerprint density at radius 3 is 2.40 bits per heavy atom. The van der Waals surface area contributed by atoms with Crippen LogP contribution in [-0.4, -0.2) is 28.6 Å². The molecule has 0 fully saturated rings. The molecule has 0 aliphatic heterocycles. The predicted octanol–water partition coefficient (Wildman–Crippen LogP) is 2.49. The fraction of sp³-hybridized carbons (Fsp3) is 0.0588. The number of rotatable bonds is 6. The van der Waals surface area contributed by atoms with Gasteiger partial charge in [0.25, 0.3) is 0 Å². The molecule has 126 valence electrons. The Morgan fingerprint density at radius 2 is 1.80 bits per heavy atom. The van der Waals surface area contributed by atoms with Gasteiger partial charge in [-0.2, -0.15) is 0 Å². The zero-order valence-electron chi connectivity index (χ0n) is 13.0. The van der Waals surface area contributed by atoms with Gasteiger partial charge in [0.2, 0.25) is 12.3 Å². The first-order valence-electron chi connectivity index (χ1n) is 7.31. The summed E-state index contributed by atoms with van der Waals surface area (Å²) in [6, 6.07) is 12.7. The highest BCUT2D eigenvalue weighted by molar-refractivity contribution is 5.98. The summed E-state index contributed by atoms with van der Waals surface area (Å²) in [6.07, 6.45) is 1.25. The first-order chi connectivity index (χ1) is 12.1. The van der Waals surface area contributed by atoms with Gasteiger partial charge < -0.3 is 20.2 Å². The summed E-state index contributed by atoms with van der Waals surface area (Å²) >= 11 is 0. The van der Waals surface area contributed by atoms with Gasteiger partial charge in [0.1, 0.15) is 5.75 Å². The van der Waals surface area contributed by atoms with Crippen LogP contribution in [0.25, 0.3) is 11.5 Å². The number of benzene rings is 2. The Kier molecular flexibility index (Phi) is 4.70. The van der Waals surface area contributed by atoms with E-state index in [-0.39, 0.29) is 12.4 Å². The second-order valence-electron chi connectivity index (χ2n) is 5.05. The number of amides is 2. The summed E-state index contributed by atoms with van der Waals surface area (Å²) in [4.78, 5) is 22.9. The highest BCUT2D eigenvalue weighted by Gasteiger charge is 2.08. The molecular weight excluding hydrogens is 324 g/mol. The standard InChI is InChI=1S/C17H14N4O4/c18-17(23)20-13-5-1-11(2-6-13)15(22)9-24-14-7-3-12(4-8-14)16-21-19-10-25-16/h1-8,10H,9H2,(H3,18,20,23). The van der Waals surface area contributed by atoms with Crippen LogP contribution in [0.15, 0.2) is 59.3 Å². The van der Waals surface area contributed by atoms with E-state index in [1.165, 1.54) is 6.39 Å². The van der Waals surface area contributed by atoms with Crippen molar-refractivity contribution < 1.29 is 18.7 Å². The van der Waals surface area contributed by atoms with Crippen molar-refractivity contribution in [3.63, 3.8) is 0 Å². The molecule has 3 rings (SSSR count). The number of carbonyl (C=O) groups excluding carboxylic acids is 2. The second kappa shape index (κ2) is 7.26. The quantitative estimate of drug-likeness (QED) is 0.666. The van der Waals surface area contributed by atoms with Crippen molar-refractivity contribution in [1.82, 2.24) is 10.2 Å². The normalized spacial score (nSPS) is 10.2. The average molecular weight is 338 g/mol. The molecule has 0 bridgehead atoms. The Morgan fingerprint density at radius 1 is 1.08 bits per heavy atom. The molecule has 0 radical (unpaired) electrons. The van der Waals surface area contributed by atoms with E-state index in [1.807, 2.05) is 0 Å². The van der Waals surface area contributed by atoms with E-state index in [9.17, 15) is 9.59 Å². The van der Waals surface area contributed by atoms with Crippen LogP contribution in [0.4, 0.5) is 10.5 Å². The number of hydrogen-bond donors (Lipinski definition) is 2. The first kappa shape index (κ1) is 16.2. The molecule has 0 aliphatic rings. The number of hydrogen-bond acceptors (Lipinski definition) is 6.